The van der Waals surface area contributed by atoms with Crippen molar-refractivity contribution in [3.63, 3.8) is 0 Å². The minimum atomic E-state index is -3.69. The number of hydrogen-bond acceptors (Lipinski definition) is 4. The van der Waals surface area contributed by atoms with Crippen LogP contribution in [0, 0.1) is 6.92 Å². The maximum absolute atomic E-state index is 12.4. The molecular weight excluding hydrogens is 364 g/mol. The maximum Gasteiger partial charge on any atom is 0.245 e. The first-order valence-corrected chi connectivity index (χ1v) is 9.62. The number of benzene rings is 2. The Balaban J connectivity index is 2.29. The van der Waals surface area contributed by atoms with Gasteiger partial charge in [0.15, 0.2) is 0 Å². The second-order valence-electron chi connectivity index (χ2n) is 5.40. The van der Waals surface area contributed by atoms with Gasteiger partial charge in [-0.05, 0) is 36.8 Å². The standard InChI is InChI=1S/C17H19ClN2O4S/c1-12-13(18)7-6-8-14(12)19-17(21)11-20(25(3,22)23)15-9-4-5-10-16(15)24-2/h4-10H,11H2,1-3H3,(H,19,21). The van der Waals surface area contributed by atoms with Crippen molar-refractivity contribution >= 4 is 38.9 Å². The summed E-state index contributed by atoms with van der Waals surface area (Å²) in [6.07, 6.45) is 1.04. The average Bonchev–Trinajstić information content (AvgIpc) is 2.56. The summed E-state index contributed by atoms with van der Waals surface area (Å²) in [6, 6.07) is 11.7. The van der Waals surface area contributed by atoms with Gasteiger partial charge in [-0.25, -0.2) is 8.42 Å². The topological polar surface area (TPSA) is 75.7 Å². The molecule has 0 aliphatic rings. The molecule has 2 aromatic rings. The molecule has 2 rings (SSSR count). The summed E-state index contributed by atoms with van der Waals surface area (Å²) in [4.78, 5) is 12.4. The van der Waals surface area contributed by atoms with E-state index in [-0.39, 0.29) is 6.54 Å². The normalized spacial score (nSPS) is 11.0. The Morgan fingerprint density at radius 3 is 2.52 bits per heavy atom. The van der Waals surface area contributed by atoms with E-state index in [0.29, 0.717) is 27.7 Å². The van der Waals surface area contributed by atoms with E-state index in [0.717, 1.165) is 10.6 Å². The molecule has 0 aromatic heterocycles. The number of carbonyl (C=O) groups is 1. The molecule has 0 atom stereocenters. The largest absolute Gasteiger partial charge is 0.495 e. The second-order valence-corrected chi connectivity index (χ2v) is 7.72. The van der Waals surface area contributed by atoms with Crippen LogP contribution in [0.4, 0.5) is 11.4 Å². The van der Waals surface area contributed by atoms with Crippen molar-refractivity contribution in [3.05, 3.63) is 53.1 Å². The molecule has 1 amide bonds. The molecular formula is C17H19ClN2O4S. The zero-order chi connectivity index (χ0) is 18.6. The number of nitrogens with zero attached hydrogens (tertiary/aromatic N) is 1. The molecule has 1 N–H and O–H groups in total. The molecule has 2 aromatic carbocycles. The number of sulfonamides is 1. The van der Waals surface area contributed by atoms with E-state index in [1.54, 1.807) is 49.4 Å². The average molecular weight is 383 g/mol. The highest BCUT2D eigenvalue weighted by molar-refractivity contribution is 7.92. The molecule has 25 heavy (non-hydrogen) atoms. The number of nitrogens with one attached hydrogen (secondary N) is 1. The lowest BCUT2D eigenvalue weighted by Gasteiger charge is -2.23. The Kier molecular flexibility index (Phi) is 5.92. The smallest absolute Gasteiger partial charge is 0.245 e. The summed E-state index contributed by atoms with van der Waals surface area (Å²) in [5.41, 5.74) is 1.54. The summed E-state index contributed by atoms with van der Waals surface area (Å²) in [5, 5.41) is 3.21. The number of anilines is 2. The van der Waals surface area contributed by atoms with Crippen molar-refractivity contribution < 1.29 is 17.9 Å². The molecule has 0 saturated heterocycles. The molecule has 0 saturated carbocycles. The SMILES string of the molecule is COc1ccccc1N(CC(=O)Nc1cccc(Cl)c1C)S(C)(=O)=O. The molecule has 0 aliphatic heterocycles. The highest BCUT2D eigenvalue weighted by atomic mass is 35.5. The van der Waals surface area contributed by atoms with E-state index in [4.69, 9.17) is 16.3 Å². The number of halogens is 1. The van der Waals surface area contributed by atoms with Crippen molar-refractivity contribution in [1.82, 2.24) is 0 Å². The van der Waals surface area contributed by atoms with Gasteiger partial charge >= 0.3 is 0 Å². The van der Waals surface area contributed by atoms with Crippen LogP contribution in [0.25, 0.3) is 0 Å². The fraction of sp³-hybridized carbons (Fsp3) is 0.235. The molecule has 0 unspecified atom stereocenters. The van der Waals surface area contributed by atoms with E-state index in [1.165, 1.54) is 7.11 Å². The molecule has 0 fully saturated rings. The predicted molar refractivity (Wildman–Crippen MR) is 100 cm³/mol. The van der Waals surface area contributed by atoms with Crippen molar-refractivity contribution in [3.8, 4) is 5.75 Å². The van der Waals surface area contributed by atoms with Gasteiger partial charge in [-0.1, -0.05) is 29.8 Å². The summed E-state index contributed by atoms with van der Waals surface area (Å²) < 4.78 is 30.6. The van der Waals surface area contributed by atoms with Gasteiger partial charge in [0.1, 0.15) is 12.3 Å². The van der Waals surface area contributed by atoms with Gasteiger partial charge < -0.3 is 10.1 Å². The fourth-order valence-corrected chi connectivity index (χ4v) is 3.31. The molecule has 0 heterocycles. The number of amides is 1. The number of para-hydroxylation sites is 2. The van der Waals surface area contributed by atoms with Gasteiger partial charge in [0.2, 0.25) is 15.9 Å². The lowest BCUT2D eigenvalue weighted by molar-refractivity contribution is -0.114. The third kappa shape index (κ3) is 4.64. The first-order chi connectivity index (χ1) is 11.7. The Morgan fingerprint density at radius 2 is 1.88 bits per heavy atom. The number of hydrogen-bond donors (Lipinski definition) is 1. The fourth-order valence-electron chi connectivity index (χ4n) is 2.28. The maximum atomic E-state index is 12.4. The predicted octanol–water partition coefficient (Wildman–Crippen LogP) is 3.06. The van der Waals surface area contributed by atoms with E-state index >= 15 is 0 Å². The Labute approximate surface area is 152 Å². The monoisotopic (exact) mass is 382 g/mol. The van der Waals surface area contributed by atoms with E-state index < -0.39 is 15.9 Å². The van der Waals surface area contributed by atoms with Gasteiger partial charge in [0.25, 0.3) is 0 Å². The van der Waals surface area contributed by atoms with E-state index in [9.17, 15) is 13.2 Å². The van der Waals surface area contributed by atoms with Crippen LogP contribution in [0.5, 0.6) is 5.75 Å². The molecule has 6 nitrogen and oxygen atoms in total. The van der Waals surface area contributed by atoms with Gasteiger partial charge in [-0.3, -0.25) is 9.10 Å². The Morgan fingerprint density at radius 1 is 1.20 bits per heavy atom. The van der Waals surface area contributed by atoms with Crippen LogP contribution in [0.15, 0.2) is 42.5 Å². The zero-order valence-electron chi connectivity index (χ0n) is 14.1. The first kappa shape index (κ1) is 19.1. The van der Waals surface area contributed by atoms with Crippen molar-refractivity contribution in [2.24, 2.45) is 0 Å². The van der Waals surface area contributed by atoms with Crippen LogP contribution in [0.2, 0.25) is 5.02 Å². The molecule has 0 aliphatic carbocycles. The van der Waals surface area contributed by atoms with Crippen molar-refractivity contribution in [2.45, 2.75) is 6.92 Å². The van der Waals surface area contributed by atoms with E-state index in [1.807, 2.05) is 0 Å². The highest BCUT2D eigenvalue weighted by Crippen LogP contribution is 2.29. The van der Waals surface area contributed by atoms with Crippen LogP contribution in [-0.2, 0) is 14.8 Å². The van der Waals surface area contributed by atoms with Gasteiger partial charge in [-0.15, -0.1) is 0 Å². The van der Waals surface area contributed by atoms with Crippen LogP contribution >= 0.6 is 11.6 Å². The molecule has 134 valence electrons. The second kappa shape index (κ2) is 7.76. The summed E-state index contributed by atoms with van der Waals surface area (Å²) in [6.45, 7) is 1.39. The number of rotatable bonds is 6. The minimum absolute atomic E-state index is 0.297. The molecule has 0 spiro atoms. The van der Waals surface area contributed by atoms with Crippen LogP contribution in [0.1, 0.15) is 5.56 Å². The summed E-state index contributed by atoms with van der Waals surface area (Å²) in [5.74, 6) is -0.124. The summed E-state index contributed by atoms with van der Waals surface area (Å²) in [7, 11) is -2.25. The number of methoxy groups -OCH3 is 1. The lowest BCUT2D eigenvalue weighted by Crippen LogP contribution is -2.37. The van der Waals surface area contributed by atoms with Crippen LogP contribution in [-0.4, -0.2) is 34.2 Å². The molecule has 0 bridgehead atoms. The van der Waals surface area contributed by atoms with E-state index in [2.05, 4.69) is 5.32 Å². The third-order valence-electron chi connectivity index (χ3n) is 3.58. The third-order valence-corrected chi connectivity index (χ3v) is 5.12. The number of ether oxygens (including phenoxy) is 1. The zero-order valence-corrected chi connectivity index (χ0v) is 15.7. The van der Waals surface area contributed by atoms with Crippen molar-refractivity contribution in [1.29, 1.82) is 0 Å². The Hall–Kier alpha value is -2.25. The lowest BCUT2D eigenvalue weighted by atomic mass is 10.2. The van der Waals surface area contributed by atoms with Crippen LogP contribution < -0.4 is 14.4 Å². The van der Waals surface area contributed by atoms with Gasteiger partial charge in [0, 0.05) is 10.7 Å². The highest BCUT2D eigenvalue weighted by Gasteiger charge is 2.24. The van der Waals surface area contributed by atoms with Crippen LogP contribution in [0.3, 0.4) is 0 Å². The first-order valence-electron chi connectivity index (χ1n) is 7.39. The van der Waals surface area contributed by atoms with Crippen molar-refractivity contribution in [2.75, 3.05) is 29.5 Å². The van der Waals surface area contributed by atoms with Gasteiger partial charge in [0.05, 0.1) is 19.1 Å². The summed E-state index contributed by atoms with van der Waals surface area (Å²) >= 11 is 6.04. The molecule has 8 heteroatoms. The quantitative estimate of drug-likeness (QED) is 0.833. The number of carbonyl (C=O) groups excluding carboxylic acids is 1. The Bertz CT molecular complexity index is 884. The minimum Gasteiger partial charge on any atom is -0.495 e. The molecule has 0 radical (unpaired) electrons. The van der Waals surface area contributed by atoms with Gasteiger partial charge in [-0.2, -0.15) is 0 Å².